The Bertz CT molecular complexity index is 1320. The third kappa shape index (κ3) is 3.36. The van der Waals surface area contributed by atoms with E-state index < -0.39 is 41.0 Å². The molecule has 0 aromatic heterocycles. The number of ether oxygens (including phenoxy) is 1. The topological polar surface area (TPSA) is 73.2 Å². The SMILES string of the molecule is CN1CC[C@]23C4=C5O[C@H]2[C@@H](O)C=C[C@H]3[C@H]1CC4=CCC5(O)N(C)C(=O)C#Cc1ccc(C(F)(F)F)cc1. The second-order valence-electron chi connectivity index (χ2n) is 10.6. The van der Waals surface area contributed by atoms with Gasteiger partial charge in [0.1, 0.15) is 12.2 Å². The molecule has 6 nitrogen and oxygen atoms in total. The van der Waals surface area contributed by atoms with E-state index >= 15 is 0 Å². The number of halogens is 3. The minimum Gasteiger partial charge on any atom is -0.485 e. The van der Waals surface area contributed by atoms with E-state index in [1.54, 1.807) is 6.08 Å². The van der Waals surface area contributed by atoms with Crippen LogP contribution in [0.1, 0.15) is 30.4 Å². The normalized spacial score (nSPS) is 35.7. The molecule has 1 saturated carbocycles. The van der Waals surface area contributed by atoms with Crippen LogP contribution < -0.4 is 0 Å². The molecule has 1 spiro atoms. The van der Waals surface area contributed by atoms with Crippen LogP contribution in [0.3, 0.4) is 0 Å². The van der Waals surface area contributed by atoms with Gasteiger partial charge in [-0.2, -0.15) is 13.2 Å². The Labute approximate surface area is 212 Å². The standard InChI is InChI=1S/C28H27F3N2O4/c1-32-14-13-26-19-8-9-21(34)24(26)37-25-23(26)17(15-20(19)32)11-12-27(25,36)33(2)22(35)10-5-16-3-6-18(7-4-16)28(29,30)31/h3-4,6-9,11,19-21,24,34,36H,12-15H2,1-2H3/t19-,20+,21-,24-,26-,27?/m0/s1. The molecular formula is C28H27F3N2O4. The van der Waals surface area contributed by atoms with E-state index in [2.05, 4.69) is 29.9 Å². The fourth-order valence-electron chi connectivity index (χ4n) is 6.89. The van der Waals surface area contributed by atoms with Crippen molar-refractivity contribution in [2.24, 2.45) is 11.3 Å². The number of likely N-dealkylation sites (tertiary alicyclic amines) is 1. The van der Waals surface area contributed by atoms with Crippen molar-refractivity contribution in [3.8, 4) is 11.8 Å². The first-order chi connectivity index (χ1) is 17.5. The number of aliphatic hydroxyl groups is 2. The third-order valence-corrected chi connectivity index (χ3v) is 8.86. The number of aliphatic hydroxyl groups excluding tert-OH is 1. The molecule has 2 N–H and O–H groups in total. The van der Waals surface area contributed by atoms with E-state index in [0.29, 0.717) is 5.76 Å². The van der Waals surface area contributed by atoms with Crippen LogP contribution in [0.4, 0.5) is 13.2 Å². The van der Waals surface area contributed by atoms with Crippen molar-refractivity contribution in [2.75, 3.05) is 20.6 Å². The molecule has 2 heterocycles. The molecule has 1 aromatic carbocycles. The first kappa shape index (κ1) is 24.3. The Morgan fingerprint density at radius 1 is 1.24 bits per heavy atom. The zero-order chi connectivity index (χ0) is 26.3. The van der Waals surface area contributed by atoms with Gasteiger partial charge in [0, 0.05) is 47.9 Å². The van der Waals surface area contributed by atoms with E-state index in [0.717, 1.165) is 47.6 Å². The van der Waals surface area contributed by atoms with Crippen molar-refractivity contribution in [3.05, 3.63) is 70.5 Å². The molecule has 37 heavy (non-hydrogen) atoms. The lowest BCUT2D eigenvalue weighted by molar-refractivity contribution is -0.155. The van der Waals surface area contributed by atoms with Crippen LogP contribution in [0, 0.1) is 23.2 Å². The van der Waals surface area contributed by atoms with Gasteiger partial charge in [-0.15, -0.1) is 0 Å². The molecule has 2 aliphatic heterocycles. The third-order valence-electron chi connectivity index (χ3n) is 8.86. The molecule has 1 saturated heterocycles. The maximum Gasteiger partial charge on any atom is 0.416 e. The molecule has 1 aromatic rings. The number of alkyl halides is 3. The van der Waals surface area contributed by atoms with E-state index in [9.17, 15) is 28.2 Å². The van der Waals surface area contributed by atoms with Gasteiger partial charge in [0.15, 0.2) is 5.76 Å². The summed E-state index contributed by atoms with van der Waals surface area (Å²) in [7, 11) is 3.55. The average molecular weight is 513 g/mol. The zero-order valence-electron chi connectivity index (χ0n) is 20.4. The number of hydrogen-bond donors (Lipinski definition) is 2. The van der Waals surface area contributed by atoms with Crippen LogP contribution in [0.15, 0.2) is 59.4 Å². The monoisotopic (exact) mass is 512 g/mol. The van der Waals surface area contributed by atoms with Gasteiger partial charge >= 0.3 is 12.1 Å². The van der Waals surface area contributed by atoms with Crippen LogP contribution in [-0.2, 0) is 15.7 Å². The number of piperidine rings is 1. The lowest BCUT2D eigenvalue weighted by Gasteiger charge is -2.58. The summed E-state index contributed by atoms with van der Waals surface area (Å²) in [6.45, 7) is 0.831. The molecule has 2 fully saturated rings. The molecule has 2 bridgehead atoms. The maximum absolute atomic E-state index is 13.1. The van der Waals surface area contributed by atoms with Crippen molar-refractivity contribution in [2.45, 2.75) is 49.4 Å². The Hall–Kier alpha value is -3.06. The number of benzene rings is 1. The van der Waals surface area contributed by atoms with Gasteiger partial charge in [-0.05, 0) is 56.3 Å². The van der Waals surface area contributed by atoms with E-state index in [-0.39, 0.29) is 23.9 Å². The number of rotatable bonds is 1. The van der Waals surface area contributed by atoms with Crippen molar-refractivity contribution in [1.29, 1.82) is 0 Å². The average Bonchev–Trinajstić information content (AvgIpc) is 3.23. The molecule has 3 aliphatic carbocycles. The summed E-state index contributed by atoms with van der Waals surface area (Å²) in [6.07, 6.45) is 1.62. The summed E-state index contributed by atoms with van der Waals surface area (Å²) in [5.41, 5.74) is -0.828. The molecule has 0 radical (unpaired) electrons. The Kier molecular flexibility index (Phi) is 5.23. The summed E-state index contributed by atoms with van der Waals surface area (Å²) < 4.78 is 44.8. The summed E-state index contributed by atoms with van der Waals surface area (Å²) >= 11 is 0. The van der Waals surface area contributed by atoms with Crippen molar-refractivity contribution in [1.82, 2.24) is 9.80 Å². The molecule has 6 atom stereocenters. The van der Waals surface area contributed by atoms with Crippen molar-refractivity contribution >= 4 is 5.91 Å². The number of likely N-dealkylation sites (N-methyl/N-ethyl adjacent to an activating group) is 1. The second-order valence-corrected chi connectivity index (χ2v) is 10.6. The Morgan fingerprint density at radius 3 is 2.68 bits per heavy atom. The number of carbonyl (C=O) groups excluding carboxylic acids is 1. The lowest BCUT2D eigenvalue weighted by Crippen LogP contribution is -2.62. The number of carbonyl (C=O) groups is 1. The van der Waals surface area contributed by atoms with Gasteiger partial charge < -0.3 is 19.8 Å². The maximum atomic E-state index is 13.1. The molecule has 9 heteroatoms. The Balaban J connectivity index is 1.33. The van der Waals surface area contributed by atoms with Crippen LogP contribution in [0.5, 0.6) is 0 Å². The fraction of sp³-hybridized carbons (Fsp3) is 0.464. The van der Waals surface area contributed by atoms with Gasteiger partial charge in [0.2, 0.25) is 5.72 Å². The molecule has 1 unspecified atom stereocenters. The number of amides is 1. The highest BCUT2D eigenvalue weighted by molar-refractivity contribution is 5.94. The predicted octanol–water partition coefficient (Wildman–Crippen LogP) is 2.83. The molecule has 5 aliphatic rings. The van der Waals surface area contributed by atoms with Gasteiger partial charge in [-0.3, -0.25) is 9.69 Å². The summed E-state index contributed by atoms with van der Waals surface area (Å²) in [5.74, 6) is 4.76. The van der Waals surface area contributed by atoms with Gasteiger partial charge in [-0.25, -0.2) is 0 Å². The van der Waals surface area contributed by atoms with Crippen LogP contribution in [0.2, 0.25) is 0 Å². The summed E-state index contributed by atoms with van der Waals surface area (Å²) in [6, 6.07) is 4.49. The van der Waals surface area contributed by atoms with Crippen molar-refractivity contribution in [3.63, 3.8) is 0 Å². The highest BCUT2D eigenvalue weighted by Crippen LogP contribution is 2.66. The minimum absolute atomic E-state index is 0.110. The Morgan fingerprint density at radius 2 is 1.97 bits per heavy atom. The molecule has 194 valence electrons. The number of nitrogens with zero attached hydrogens (tertiary/aromatic N) is 2. The van der Waals surface area contributed by atoms with Gasteiger partial charge in [0.25, 0.3) is 0 Å². The van der Waals surface area contributed by atoms with Crippen LogP contribution in [-0.4, -0.2) is 70.5 Å². The summed E-state index contributed by atoms with van der Waals surface area (Å²) in [5, 5.41) is 22.8. The van der Waals surface area contributed by atoms with Crippen LogP contribution in [0.25, 0.3) is 0 Å². The first-order valence-corrected chi connectivity index (χ1v) is 12.3. The molecule has 1 amide bonds. The van der Waals surface area contributed by atoms with E-state index in [4.69, 9.17) is 4.74 Å². The van der Waals surface area contributed by atoms with Gasteiger partial charge in [0.05, 0.1) is 5.56 Å². The quantitative estimate of drug-likeness (QED) is 0.344. The van der Waals surface area contributed by atoms with E-state index in [1.165, 1.54) is 19.2 Å². The second kappa shape index (κ2) is 7.97. The number of hydrogen-bond acceptors (Lipinski definition) is 5. The predicted molar refractivity (Wildman–Crippen MR) is 127 cm³/mol. The fourth-order valence-corrected chi connectivity index (χ4v) is 6.89. The largest absolute Gasteiger partial charge is 0.485 e. The van der Waals surface area contributed by atoms with Crippen LogP contribution >= 0.6 is 0 Å². The van der Waals surface area contributed by atoms with E-state index in [1.807, 2.05) is 6.08 Å². The highest BCUT2D eigenvalue weighted by atomic mass is 19.4. The molecular weight excluding hydrogens is 485 g/mol. The lowest BCUT2D eigenvalue weighted by atomic mass is 9.51. The van der Waals surface area contributed by atoms with Gasteiger partial charge in [-0.1, -0.05) is 24.1 Å². The highest BCUT2D eigenvalue weighted by Gasteiger charge is 2.68. The first-order valence-electron chi connectivity index (χ1n) is 12.3. The smallest absolute Gasteiger partial charge is 0.416 e. The zero-order valence-corrected chi connectivity index (χ0v) is 20.4. The minimum atomic E-state index is -4.46. The van der Waals surface area contributed by atoms with Crippen molar-refractivity contribution < 1.29 is 32.9 Å². The summed E-state index contributed by atoms with van der Waals surface area (Å²) in [4.78, 5) is 16.5. The molecule has 6 rings (SSSR count).